The quantitative estimate of drug-likeness (QED) is 0.830. The van der Waals surface area contributed by atoms with Gasteiger partial charge in [-0.2, -0.15) is 13.2 Å². The number of aromatic nitrogens is 1. The predicted octanol–water partition coefficient (Wildman–Crippen LogP) is 3.07. The van der Waals surface area contributed by atoms with E-state index in [0.29, 0.717) is 29.5 Å². The number of fused-ring (bicyclic) bond motifs is 1. The van der Waals surface area contributed by atoms with E-state index in [1.807, 2.05) is 6.92 Å². The van der Waals surface area contributed by atoms with Crippen molar-refractivity contribution in [3.63, 3.8) is 0 Å². The summed E-state index contributed by atoms with van der Waals surface area (Å²) in [7, 11) is 0. The van der Waals surface area contributed by atoms with E-state index in [4.69, 9.17) is 16.2 Å². The van der Waals surface area contributed by atoms with Gasteiger partial charge in [0.25, 0.3) is 0 Å². The fraction of sp³-hybridized carbons (Fsp3) is 0.353. The van der Waals surface area contributed by atoms with Gasteiger partial charge in [-0.3, -0.25) is 10.7 Å². The molecule has 0 aliphatic carbocycles. The molecule has 1 aromatic heterocycles. The van der Waals surface area contributed by atoms with E-state index in [9.17, 15) is 17.6 Å². The summed E-state index contributed by atoms with van der Waals surface area (Å²) >= 11 is 0. The van der Waals surface area contributed by atoms with Crippen LogP contribution >= 0.6 is 0 Å². The molecule has 0 amide bonds. The Balaban J connectivity index is 2.17. The van der Waals surface area contributed by atoms with Crippen LogP contribution in [0.1, 0.15) is 35.7 Å². The second-order valence-electron chi connectivity index (χ2n) is 5.98. The van der Waals surface area contributed by atoms with Crippen LogP contribution in [0.15, 0.2) is 30.5 Å². The predicted molar refractivity (Wildman–Crippen MR) is 83.2 cm³/mol. The maximum Gasteiger partial charge on any atom is 0.419 e. The molecule has 0 bridgehead atoms. The Labute approximate surface area is 141 Å². The summed E-state index contributed by atoms with van der Waals surface area (Å²) in [5.41, 5.74) is 10.6. The molecule has 1 aromatic carbocycles. The minimum absolute atomic E-state index is 0.0288. The fourth-order valence-corrected chi connectivity index (χ4v) is 3.06. The van der Waals surface area contributed by atoms with Gasteiger partial charge in [-0.05, 0) is 30.2 Å². The van der Waals surface area contributed by atoms with E-state index in [0.717, 1.165) is 12.5 Å². The van der Waals surface area contributed by atoms with Crippen molar-refractivity contribution >= 4 is 0 Å². The molecule has 0 saturated heterocycles. The van der Waals surface area contributed by atoms with Crippen LogP contribution in [0, 0.1) is 5.82 Å². The van der Waals surface area contributed by atoms with Crippen LogP contribution in [0.4, 0.5) is 17.6 Å². The first-order chi connectivity index (χ1) is 11.7. The van der Waals surface area contributed by atoms with Crippen LogP contribution in [0.25, 0.3) is 0 Å². The Kier molecular flexibility index (Phi) is 4.20. The average Bonchev–Trinajstić information content (AvgIpc) is 2.80. The van der Waals surface area contributed by atoms with Crippen molar-refractivity contribution in [2.24, 2.45) is 11.5 Å². The summed E-state index contributed by atoms with van der Waals surface area (Å²) in [6, 6.07) is 4.19. The molecule has 8 heteroatoms. The highest BCUT2D eigenvalue weighted by Gasteiger charge is 2.48. The number of halogens is 4. The van der Waals surface area contributed by atoms with Crippen LogP contribution in [-0.2, 0) is 18.1 Å². The zero-order chi connectivity index (χ0) is 18.4. The van der Waals surface area contributed by atoms with Gasteiger partial charge in [-0.1, -0.05) is 19.4 Å². The lowest BCUT2D eigenvalue weighted by molar-refractivity contribution is -0.140. The molecule has 134 valence electrons. The van der Waals surface area contributed by atoms with E-state index >= 15 is 0 Å². The van der Waals surface area contributed by atoms with Crippen LogP contribution in [0.2, 0.25) is 0 Å². The van der Waals surface area contributed by atoms with E-state index in [1.54, 1.807) is 6.07 Å². The zero-order valence-corrected chi connectivity index (χ0v) is 13.4. The first-order valence-electron chi connectivity index (χ1n) is 7.76. The summed E-state index contributed by atoms with van der Waals surface area (Å²) in [4.78, 5) is 4.23. The van der Waals surface area contributed by atoms with Crippen molar-refractivity contribution in [2.45, 2.75) is 37.7 Å². The molecule has 0 spiro atoms. The molecule has 0 radical (unpaired) electrons. The molecule has 1 aliphatic rings. The third-order valence-corrected chi connectivity index (χ3v) is 4.35. The number of alkyl halides is 3. The normalized spacial score (nSPS) is 22.6. The summed E-state index contributed by atoms with van der Waals surface area (Å²) in [5, 5.41) is 0. The number of nitrogens with zero attached hydrogens (tertiary/aromatic N) is 1. The second kappa shape index (κ2) is 5.96. The molecule has 2 unspecified atom stereocenters. The van der Waals surface area contributed by atoms with Gasteiger partial charge in [-0.25, -0.2) is 4.39 Å². The van der Waals surface area contributed by atoms with Crippen LogP contribution < -0.4 is 16.2 Å². The second-order valence-corrected chi connectivity index (χ2v) is 5.98. The lowest BCUT2D eigenvalue weighted by Gasteiger charge is -2.28. The van der Waals surface area contributed by atoms with Crippen molar-refractivity contribution in [1.82, 2.24) is 4.98 Å². The zero-order valence-electron chi connectivity index (χ0n) is 13.4. The molecular formula is C17H17F4N3O. The largest absolute Gasteiger partial charge is 0.471 e. The summed E-state index contributed by atoms with van der Waals surface area (Å²) < 4.78 is 58.4. The molecule has 1 aliphatic heterocycles. The van der Waals surface area contributed by atoms with Crippen molar-refractivity contribution < 1.29 is 22.3 Å². The molecule has 4 nitrogen and oxygen atoms in total. The first-order valence-corrected chi connectivity index (χ1v) is 7.76. The molecule has 0 fully saturated rings. The third kappa shape index (κ3) is 2.75. The minimum Gasteiger partial charge on any atom is -0.471 e. The number of aryl methyl sites for hydroxylation is 1. The number of rotatable bonds is 3. The molecule has 4 N–H and O–H groups in total. The van der Waals surface area contributed by atoms with Gasteiger partial charge in [0.1, 0.15) is 17.1 Å². The summed E-state index contributed by atoms with van der Waals surface area (Å²) in [6.45, 7) is 1.96. The molecule has 25 heavy (non-hydrogen) atoms. The summed E-state index contributed by atoms with van der Waals surface area (Å²) in [6.07, 6.45) is -3.03. The van der Waals surface area contributed by atoms with E-state index in [2.05, 4.69) is 4.98 Å². The molecule has 2 atom stereocenters. The highest BCUT2D eigenvalue weighted by atomic mass is 19.4. The average molecular weight is 355 g/mol. The maximum absolute atomic E-state index is 13.6. The molecule has 2 heterocycles. The van der Waals surface area contributed by atoms with Crippen LogP contribution in [0.5, 0.6) is 5.75 Å². The number of benzene rings is 1. The number of ether oxygens (including phenoxy) is 1. The number of nitrogens with two attached hydrogens (primary N) is 2. The van der Waals surface area contributed by atoms with E-state index in [1.165, 1.54) is 12.3 Å². The van der Waals surface area contributed by atoms with Crippen molar-refractivity contribution in [3.05, 3.63) is 58.7 Å². The SMILES string of the molecule is CCCc1nccc2c1OC(N)C2(N)c1ccc(F)c(C(F)(F)F)c1. The molecule has 2 aromatic rings. The van der Waals surface area contributed by atoms with Gasteiger partial charge in [0.05, 0.1) is 11.3 Å². The Morgan fingerprint density at radius 1 is 1.28 bits per heavy atom. The maximum atomic E-state index is 13.6. The molecule has 3 rings (SSSR count). The van der Waals surface area contributed by atoms with E-state index in [-0.39, 0.29) is 5.56 Å². The van der Waals surface area contributed by atoms with E-state index < -0.39 is 29.3 Å². The first kappa shape index (κ1) is 17.6. The standard InChI is InChI=1S/C17H17F4N3O/c1-2-3-13-14-10(6-7-24-13)16(23,15(22)25-14)9-4-5-12(18)11(8-9)17(19,20)21/h4-8,15H,2-3,22-23H2,1H3. The number of hydrogen-bond donors (Lipinski definition) is 2. The van der Waals surface area contributed by atoms with Crippen molar-refractivity contribution in [1.29, 1.82) is 0 Å². The highest BCUT2D eigenvalue weighted by molar-refractivity contribution is 5.53. The minimum atomic E-state index is -4.84. The monoisotopic (exact) mass is 355 g/mol. The number of pyridine rings is 1. The third-order valence-electron chi connectivity index (χ3n) is 4.35. The lowest BCUT2D eigenvalue weighted by atomic mass is 9.83. The van der Waals surface area contributed by atoms with Gasteiger partial charge in [0.15, 0.2) is 6.23 Å². The Morgan fingerprint density at radius 2 is 2.00 bits per heavy atom. The van der Waals surface area contributed by atoms with Crippen LogP contribution in [-0.4, -0.2) is 11.2 Å². The van der Waals surface area contributed by atoms with Gasteiger partial charge in [0.2, 0.25) is 0 Å². The Morgan fingerprint density at radius 3 is 2.64 bits per heavy atom. The van der Waals surface area contributed by atoms with Gasteiger partial charge < -0.3 is 10.5 Å². The van der Waals surface area contributed by atoms with Crippen molar-refractivity contribution in [2.75, 3.05) is 0 Å². The fourth-order valence-electron chi connectivity index (χ4n) is 3.06. The molecule has 0 saturated carbocycles. The van der Waals surface area contributed by atoms with Crippen molar-refractivity contribution in [3.8, 4) is 5.75 Å². The van der Waals surface area contributed by atoms with Gasteiger partial charge in [0, 0.05) is 11.8 Å². The van der Waals surface area contributed by atoms with Crippen LogP contribution in [0.3, 0.4) is 0 Å². The van der Waals surface area contributed by atoms with Gasteiger partial charge >= 0.3 is 6.18 Å². The highest BCUT2D eigenvalue weighted by Crippen LogP contribution is 2.45. The Hall–Kier alpha value is -2.19. The Bertz CT molecular complexity index is 809. The molecular weight excluding hydrogens is 338 g/mol. The topological polar surface area (TPSA) is 74.2 Å². The smallest absolute Gasteiger partial charge is 0.419 e. The number of hydrogen-bond acceptors (Lipinski definition) is 4. The van der Waals surface area contributed by atoms with Gasteiger partial charge in [-0.15, -0.1) is 0 Å². The lowest BCUT2D eigenvalue weighted by Crippen LogP contribution is -2.52. The summed E-state index contributed by atoms with van der Waals surface area (Å²) in [5.74, 6) is -0.980.